The number of rotatable bonds is 5. The molecule has 1 saturated carbocycles. The Morgan fingerprint density at radius 1 is 1.31 bits per heavy atom. The van der Waals surface area contributed by atoms with Crippen molar-refractivity contribution in [2.24, 2.45) is 23.2 Å². The molecule has 0 heterocycles. The van der Waals surface area contributed by atoms with Gasteiger partial charge in [0.1, 0.15) is 0 Å². The van der Waals surface area contributed by atoms with Gasteiger partial charge in [-0.3, -0.25) is 0 Å². The molecule has 0 radical (unpaired) electrons. The SMILES string of the molecule is CCCC(C)(C)C1CC1CC(C)C. The van der Waals surface area contributed by atoms with Crippen LogP contribution in [-0.2, 0) is 0 Å². The Kier molecular flexibility index (Phi) is 3.43. The topological polar surface area (TPSA) is 0 Å². The van der Waals surface area contributed by atoms with Gasteiger partial charge in [-0.2, -0.15) is 0 Å². The predicted octanol–water partition coefficient (Wildman–Crippen LogP) is 4.49. The largest absolute Gasteiger partial charge is 0.0654 e. The first-order chi connectivity index (χ1) is 5.97. The maximum absolute atomic E-state index is 2.46. The Hall–Kier alpha value is 0. The molecule has 0 aliphatic heterocycles. The van der Waals surface area contributed by atoms with E-state index in [0.717, 1.165) is 17.8 Å². The summed E-state index contributed by atoms with van der Waals surface area (Å²) in [5, 5.41) is 0. The van der Waals surface area contributed by atoms with Gasteiger partial charge in [0.15, 0.2) is 0 Å². The lowest BCUT2D eigenvalue weighted by Gasteiger charge is -2.24. The summed E-state index contributed by atoms with van der Waals surface area (Å²) in [6, 6.07) is 0. The average Bonchev–Trinajstić information content (AvgIpc) is 2.66. The van der Waals surface area contributed by atoms with E-state index in [4.69, 9.17) is 0 Å². The van der Waals surface area contributed by atoms with Crippen molar-refractivity contribution >= 4 is 0 Å². The van der Waals surface area contributed by atoms with Gasteiger partial charge in [-0.1, -0.05) is 41.0 Å². The Morgan fingerprint density at radius 3 is 2.38 bits per heavy atom. The standard InChI is InChI=1S/C13H26/c1-6-7-13(4,5)12-9-11(12)8-10(2)3/h10-12H,6-9H2,1-5H3. The lowest BCUT2D eigenvalue weighted by molar-refractivity contribution is 0.258. The van der Waals surface area contributed by atoms with Crippen LogP contribution in [0.15, 0.2) is 0 Å². The first-order valence-corrected chi connectivity index (χ1v) is 5.97. The summed E-state index contributed by atoms with van der Waals surface area (Å²) in [5.41, 5.74) is 0.619. The molecular weight excluding hydrogens is 156 g/mol. The molecule has 0 heteroatoms. The van der Waals surface area contributed by atoms with Gasteiger partial charge in [0, 0.05) is 0 Å². The lowest BCUT2D eigenvalue weighted by atomic mass is 9.81. The van der Waals surface area contributed by atoms with Gasteiger partial charge in [-0.15, -0.1) is 0 Å². The molecule has 2 atom stereocenters. The van der Waals surface area contributed by atoms with Gasteiger partial charge in [0.2, 0.25) is 0 Å². The molecule has 0 N–H and O–H groups in total. The van der Waals surface area contributed by atoms with Crippen LogP contribution in [0.1, 0.15) is 60.3 Å². The second kappa shape index (κ2) is 4.02. The van der Waals surface area contributed by atoms with E-state index in [1.807, 2.05) is 0 Å². The van der Waals surface area contributed by atoms with E-state index in [1.54, 1.807) is 0 Å². The fourth-order valence-corrected chi connectivity index (χ4v) is 2.90. The van der Waals surface area contributed by atoms with Gasteiger partial charge >= 0.3 is 0 Å². The molecule has 1 aliphatic rings. The van der Waals surface area contributed by atoms with Crippen LogP contribution >= 0.6 is 0 Å². The molecule has 0 amide bonds. The summed E-state index contributed by atoms with van der Waals surface area (Å²) in [4.78, 5) is 0. The van der Waals surface area contributed by atoms with Crippen molar-refractivity contribution in [1.82, 2.24) is 0 Å². The van der Waals surface area contributed by atoms with E-state index in [9.17, 15) is 0 Å². The summed E-state index contributed by atoms with van der Waals surface area (Å²) < 4.78 is 0. The van der Waals surface area contributed by atoms with Crippen LogP contribution in [0.5, 0.6) is 0 Å². The molecule has 0 saturated heterocycles. The second-order valence-electron chi connectivity index (χ2n) is 5.97. The van der Waals surface area contributed by atoms with Crippen molar-refractivity contribution < 1.29 is 0 Å². The van der Waals surface area contributed by atoms with Gasteiger partial charge in [-0.25, -0.2) is 0 Å². The Balaban J connectivity index is 2.32. The van der Waals surface area contributed by atoms with Crippen LogP contribution in [0.2, 0.25) is 0 Å². The van der Waals surface area contributed by atoms with E-state index in [-0.39, 0.29) is 0 Å². The zero-order chi connectivity index (χ0) is 10.1. The molecule has 0 aromatic heterocycles. The van der Waals surface area contributed by atoms with Crippen molar-refractivity contribution in [1.29, 1.82) is 0 Å². The fourth-order valence-electron chi connectivity index (χ4n) is 2.90. The van der Waals surface area contributed by atoms with E-state index < -0.39 is 0 Å². The fraction of sp³-hybridized carbons (Fsp3) is 1.00. The maximum atomic E-state index is 2.46. The first kappa shape index (κ1) is 11.1. The summed E-state index contributed by atoms with van der Waals surface area (Å²) in [5.74, 6) is 2.99. The monoisotopic (exact) mass is 182 g/mol. The molecule has 0 bridgehead atoms. The summed E-state index contributed by atoms with van der Waals surface area (Å²) in [6.45, 7) is 11.9. The molecule has 2 unspecified atom stereocenters. The van der Waals surface area contributed by atoms with Gasteiger partial charge in [0.25, 0.3) is 0 Å². The van der Waals surface area contributed by atoms with Crippen molar-refractivity contribution in [3.8, 4) is 0 Å². The third-order valence-corrected chi connectivity index (χ3v) is 3.59. The summed E-state index contributed by atoms with van der Waals surface area (Å²) in [6.07, 6.45) is 5.72. The molecule has 1 rings (SSSR count). The van der Waals surface area contributed by atoms with Crippen LogP contribution in [0.25, 0.3) is 0 Å². The third kappa shape index (κ3) is 3.00. The van der Waals surface area contributed by atoms with Crippen molar-refractivity contribution in [3.63, 3.8) is 0 Å². The Morgan fingerprint density at radius 2 is 1.92 bits per heavy atom. The highest BCUT2D eigenvalue weighted by molar-refractivity contribution is 4.95. The second-order valence-corrected chi connectivity index (χ2v) is 5.97. The number of hydrogen-bond donors (Lipinski definition) is 0. The molecule has 0 aromatic rings. The van der Waals surface area contributed by atoms with E-state index in [0.29, 0.717) is 5.41 Å². The molecule has 78 valence electrons. The van der Waals surface area contributed by atoms with E-state index >= 15 is 0 Å². The number of hydrogen-bond acceptors (Lipinski definition) is 0. The van der Waals surface area contributed by atoms with Crippen molar-refractivity contribution in [2.45, 2.75) is 60.3 Å². The third-order valence-electron chi connectivity index (χ3n) is 3.59. The minimum absolute atomic E-state index is 0.619. The van der Waals surface area contributed by atoms with Gasteiger partial charge in [0.05, 0.1) is 0 Å². The molecule has 1 fully saturated rings. The van der Waals surface area contributed by atoms with Gasteiger partial charge < -0.3 is 0 Å². The molecule has 0 spiro atoms. The zero-order valence-corrected chi connectivity index (χ0v) is 10.1. The normalized spacial score (nSPS) is 28.2. The summed E-state index contributed by atoms with van der Waals surface area (Å²) >= 11 is 0. The quantitative estimate of drug-likeness (QED) is 0.587. The molecule has 0 nitrogen and oxygen atoms in total. The van der Waals surface area contributed by atoms with E-state index in [2.05, 4.69) is 34.6 Å². The van der Waals surface area contributed by atoms with Gasteiger partial charge in [-0.05, 0) is 42.4 Å². The lowest BCUT2D eigenvalue weighted by Crippen LogP contribution is -2.15. The highest BCUT2D eigenvalue weighted by Crippen LogP contribution is 2.55. The summed E-state index contributed by atoms with van der Waals surface area (Å²) in [7, 11) is 0. The zero-order valence-electron chi connectivity index (χ0n) is 10.1. The van der Waals surface area contributed by atoms with Crippen LogP contribution in [0.3, 0.4) is 0 Å². The molecule has 13 heavy (non-hydrogen) atoms. The van der Waals surface area contributed by atoms with E-state index in [1.165, 1.54) is 25.7 Å². The van der Waals surface area contributed by atoms with Crippen LogP contribution in [0, 0.1) is 23.2 Å². The molecular formula is C13H26. The minimum atomic E-state index is 0.619. The van der Waals surface area contributed by atoms with Crippen molar-refractivity contribution in [3.05, 3.63) is 0 Å². The van der Waals surface area contributed by atoms with Crippen LogP contribution in [-0.4, -0.2) is 0 Å². The smallest absolute Gasteiger partial charge is 0.0323 e. The first-order valence-electron chi connectivity index (χ1n) is 5.97. The van der Waals surface area contributed by atoms with Crippen molar-refractivity contribution in [2.75, 3.05) is 0 Å². The maximum Gasteiger partial charge on any atom is -0.0323 e. The highest BCUT2D eigenvalue weighted by atomic mass is 14.5. The average molecular weight is 182 g/mol. The molecule has 1 aliphatic carbocycles. The predicted molar refractivity (Wildman–Crippen MR) is 59.7 cm³/mol. The highest BCUT2D eigenvalue weighted by Gasteiger charge is 2.46. The minimum Gasteiger partial charge on any atom is -0.0654 e. The molecule has 0 aromatic carbocycles. The van der Waals surface area contributed by atoms with Crippen LogP contribution in [0.4, 0.5) is 0 Å². The Bertz CT molecular complexity index is 155. The Labute approximate surface area is 84.1 Å². The van der Waals surface area contributed by atoms with Crippen LogP contribution < -0.4 is 0 Å².